The normalized spacial score (nSPS) is 24.6. The van der Waals surface area contributed by atoms with Gasteiger partial charge in [-0.2, -0.15) is 0 Å². The predicted octanol–water partition coefficient (Wildman–Crippen LogP) is 2.03. The molecule has 4 heteroatoms. The molecule has 0 bridgehead atoms. The van der Waals surface area contributed by atoms with Gasteiger partial charge in [0, 0.05) is 11.1 Å². The molecule has 2 aromatic rings. The fourth-order valence-electron chi connectivity index (χ4n) is 7.45. The third-order valence-electron chi connectivity index (χ3n) is 8.93. The van der Waals surface area contributed by atoms with Gasteiger partial charge in [-0.15, -0.1) is 0 Å². The fraction of sp³-hybridized carbons (Fsp3) is 0.222. The summed E-state index contributed by atoms with van der Waals surface area (Å²) in [5.41, 5.74) is 9.81. The molecule has 4 aliphatic rings. The van der Waals surface area contributed by atoms with E-state index in [2.05, 4.69) is 149 Å². The first kappa shape index (κ1) is 32.6. The Hall–Kier alpha value is -1.96. The summed E-state index contributed by atoms with van der Waals surface area (Å²) in [7, 11) is -2.54. The second kappa shape index (κ2) is 13.3. The van der Waals surface area contributed by atoms with E-state index in [1.54, 1.807) is 0 Å². The molecule has 6 rings (SSSR count). The Bertz CT molecular complexity index is 1360. The van der Waals surface area contributed by atoms with Crippen molar-refractivity contribution in [1.82, 2.24) is 0 Å². The molecule has 0 heterocycles. The Morgan fingerprint density at radius 1 is 0.525 bits per heavy atom. The van der Waals surface area contributed by atoms with Crippen LogP contribution in [0.4, 0.5) is 0 Å². The summed E-state index contributed by atoms with van der Waals surface area (Å²) in [6, 6.07) is 23.1. The molecule has 0 aliphatic heterocycles. The second-order valence-corrected chi connectivity index (χ2v) is 15.2. The summed E-state index contributed by atoms with van der Waals surface area (Å²) >= 11 is 0. The van der Waals surface area contributed by atoms with Gasteiger partial charge >= 0.3 is 26.2 Å². The summed E-state index contributed by atoms with van der Waals surface area (Å²) in [6.45, 7) is 9.49. The van der Waals surface area contributed by atoms with Crippen LogP contribution in [0.25, 0.3) is 0 Å². The molecular weight excluding hydrogens is 623 g/mol. The van der Waals surface area contributed by atoms with Crippen LogP contribution >= 0.6 is 0 Å². The Kier molecular flexibility index (Phi) is 10.9. The first-order chi connectivity index (χ1) is 18.0. The van der Waals surface area contributed by atoms with Gasteiger partial charge in [-0.05, 0) is 48.0 Å². The molecule has 4 aliphatic carbocycles. The molecule has 2 aromatic carbocycles. The van der Waals surface area contributed by atoms with E-state index in [0.717, 1.165) is 0 Å². The van der Waals surface area contributed by atoms with Crippen LogP contribution in [0.2, 0.25) is 11.1 Å². The summed E-state index contributed by atoms with van der Waals surface area (Å²) in [5.74, 6) is 0.834. The molecule has 0 aromatic heterocycles. The minimum Gasteiger partial charge on any atom is -1.00 e. The van der Waals surface area contributed by atoms with Gasteiger partial charge in [-0.1, -0.05) is 157 Å². The Labute approximate surface area is 273 Å². The quantitative estimate of drug-likeness (QED) is 0.442. The molecule has 40 heavy (non-hydrogen) atoms. The number of halogens is 2. The van der Waals surface area contributed by atoms with Crippen molar-refractivity contribution in [1.29, 1.82) is 0 Å². The van der Waals surface area contributed by atoms with E-state index in [9.17, 15) is 0 Å². The van der Waals surface area contributed by atoms with Crippen molar-refractivity contribution >= 4 is 18.4 Å². The van der Waals surface area contributed by atoms with Crippen molar-refractivity contribution < 1.29 is 51.0 Å². The Morgan fingerprint density at radius 2 is 0.900 bits per heavy atom. The minimum atomic E-state index is -2.54. The molecule has 0 saturated heterocycles. The first-order valence-corrected chi connectivity index (χ1v) is 15.8. The van der Waals surface area contributed by atoms with Crippen LogP contribution in [0, 0.1) is 11.8 Å². The molecule has 0 saturated carbocycles. The standard InChI is InChI=1S/C36H36Si.2ClH.Zr/c1-25-15-11-13-21-31-33(25)23-27(3)35(31)37(29-17-7-5-8-18-29,30-19-9-6-10-20-30)36-28(4)24-34-26(2)16-12-14-22-32(34)36;;;/h5-26,35-36H,1-4H3;2*1H;/q;;;+2/p-2. The van der Waals surface area contributed by atoms with Gasteiger partial charge in [0.1, 0.15) is 8.07 Å². The molecule has 0 nitrogen and oxygen atoms in total. The summed E-state index contributed by atoms with van der Waals surface area (Å²) < 4.78 is 0. The van der Waals surface area contributed by atoms with Crippen LogP contribution in [-0.2, 0) is 26.2 Å². The van der Waals surface area contributed by atoms with Crippen molar-refractivity contribution in [2.24, 2.45) is 11.8 Å². The topological polar surface area (TPSA) is 0 Å². The fourth-order valence-corrected chi connectivity index (χ4v) is 14.0. The molecule has 202 valence electrons. The smallest absolute Gasteiger partial charge is 1.00 e. The minimum absolute atomic E-state index is 0. The average molecular weight is 659 g/mol. The first-order valence-electron chi connectivity index (χ1n) is 13.7. The average Bonchev–Trinajstić information content (AvgIpc) is 3.29. The van der Waals surface area contributed by atoms with Gasteiger partial charge in [0.2, 0.25) is 0 Å². The van der Waals surface area contributed by atoms with Crippen molar-refractivity contribution in [2.45, 2.75) is 38.8 Å². The van der Waals surface area contributed by atoms with Crippen LogP contribution in [-0.4, -0.2) is 8.07 Å². The second-order valence-electron chi connectivity index (χ2n) is 11.1. The summed E-state index contributed by atoms with van der Waals surface area (Å²) in [6.07, 6.45) is 23.6. The predicted molar refractivity (Wildman–Crippen MR) is 162 cm³/mol. The van der Waals surface area contributed by atoms with Gasteiger partial charge in [0.25, 0.3) is 0 Å². The van der Waals surface area contributed by atoms with Crippen LogP contribution in [0.1, 0.15) is 27.7 Å². The van der Waals surface area contributed by atoms with Gasteiger partial charge in [0.05, 0.1) is 0 Å². The maximum absolute atomic E-state index is 2.54. The van der Waals surface area contributed by atoms with Crippen molar-refractivity contribution in [3.63, 3.8) is 0 Å². The maximum atomic E-state index is 2.52. The summed E-state index contributed by atoms with van der Waals surface area (Å²) in [4.78, 5) is 0. The van der Waals surface area contributed by atoms with Crippen molar-refractivity contribution in [2.75, 3.05) is 0 Å². The number of hydrogen-bond donors (Lipinski definition) is 0. The summed E-state index contributed by atoms with van der Waals surface area (Å²) in [5, 5.41) is 3.05. The van der Waals surface area contributed by atoms with Gasteiger partial charge in [-0.25, -0.2) is 0 Å². The monoisotopic (exact) mass is 656 g/mol. The third-order valence-corrected chi connectivity index (χ3v) is 14.9. The number of allylic oxidation sites excluding steroid dienone is 16. The van der Waals surface area contributed by atoms with E-state index < -0.39 is 8.07 Å². The Morgan fingerprint density at radius 3 is 1.27 bits per heavy atom. The molecule has 4 unspecified atom stereocenters. The van der Waals surface area contributed by atoms with E-state index >= 15 is 0 Å². The van der Waals surface area contributed by atoms with Gasteiger partial charge in [0.15, 0.2) is 0 Å². The molecule has 0 radical (unpaired) electrons. The van der Waals surface area contributed by atoms with Crippen molar-refractivity contribution in [3.8, 4) is 0 Å². The zero-order chi connectivity index (χ0) is 25.6. The van der Waals surface area contributed by atoms with Gasteiger partial charge in [-0.3, -0.25) is 0 Å². The van der Waals surface area contributed by atoms with Crippen LogP contribution < -0.4 is 35.2 Å². The van der Waals surface area contributed by atoms with E-state index in [4.69, 9.17) is 0 Å². The largest absolute Gasteiger partial charge is 2.00 e. The molecule has 0 amide bonds. The van der Waals surface area contributed by atoms with Crippen LogP contribution in [0.3, 0.4) is 0 Å². The molecule has 0 N–H and O–H groups in total. The van der Waals surface area contributed by atoms with E-state index in [1.807, 2.05) is 0 Å². The number of hydrogen-bond acceptors (Lipinski definition) is 0. The third kappa shape index (κ3) is 5.22. The number of rotatable bonds is 4. The van der Waals surface area contributed by atoms with E-state index in [-0.39, 0.29) is 51.0 Å². The van der Waals surface area contributed by atoms with Gasteiger partial charge < -0.3 is 24.8 Å². The van der Waals surface area contributed by atoms with Crippen LogP contribution in [0.15, 0.2) is 155 Å². The zero-order valence-corrected chi connectivity index (χ0v) is 28.6. The van der Waals surface area contributed by atoms with E-state index in [0.29, 0.717) is 22.9 Å². The Balaban J connectivity index is 0.00000147. The van der Waals surface area contributed by atoms with E-state index in [1.165, 1.54) is 43.8 Å². The van der Waals surface area contributed by atoms with Crippen molar-refractivity contribution in [3.05, 3.63) is 155 Å². The molecule has 0 fully saturated rings. The molecule has 4 atom stereocenters. The molecular formula is C36H36Cl2SiZr. The van der Waals surface area contributed by atoms with Crippen LogP contribution in [0.5, 0.6) is 0 Å². The SMILES string of the molecule is CC1=CC2=C(C=CC=CC2C)C1[Si](c1ccccc1)(c1ccccc1)C1C(C)=CC2=C1C=CC=CC2C.[Cl-].[Cl-].[Zr+2]. The maximum Gasteiger partial charge on any atom is 2.00 e. The number of benzene rings is 2. The molecule has 0 spiro atoms. The zero-order valence-electron chi connectivity index (χ0n) is 23.6.